The van der Waals surface area contributed by atoms with E-state index in [-0.39, 0.29) is 6.04 Å². The molecule has 0 fully saturated rings. The minimum absolute atomic E-state index is 0.153. The summed E-state index contributed by atoms with van der Waals surface area (Å²) in [5, 5.41) is 5.56. The Bertz CT molecular complexity index is 565. The molecule has 0 aliphatic heterocycles. The number of rotatable bonds is 6. The molecule has 1 heterocycles. The molecule has 1 unspecified atom stereocenters. The van der Waals surface area contributed by atoms with Crippen LogP contribution in [0.3, 0.4) is 0 Å². The molecule has 2 aromatic rings. The van der Waals surface area contributed by atoms with E-state index in [0.29, 0.717) is 6.42 Å². The highest BCUT2D eigenvalue weighted by Gasteiger charge is 2.16. The van der Waals surface area contributed by atoms with Gasteiger partial charge in [-0.15, -0.1) is 11.3 Å². The van der Waals surface area contributed by atoms with Gasteiger partial charge in [-0.25, -0.2) is 8.78 Å². The molecule has 0 aliphatic carbocycles. The van der Waals surface area contributed by atoms with Crippen molar-refractivity contribution in [1.82, 2.24) is 5.32 Å². The monoisotopic (exact) mass is 295 g/mol. The molecule has 0 aliphatic rings. The second-order valence-electron chi connectivity index (χ2n) is 4.93. The molecule has 0 saturated heterocycles. The van der Waals surface area contributed by atoms with Crippen LogP contribution < -0.4 is 5.32 Å². The van der Waals surface area contributed by atoms with E-state index in [1.165, 1.54) is 22.6 Å². The Morgan fingerprint density at radius 2 is 2.00 bits per heavy atom. The molecule has 0 spiro atoms. The average molecular weight is 295 g/mol. The van der Waals surface area contributed by atoms with Gasteiger partial charge in [0.15, 0.2) is 11.6 Å². The van der Waals surface area contributed by atoms with Crippen LogP contribution >= 0.6 is 11.3 Å². The van der Waals surface area contributed by atoms with Gasteiger partial charge < -0.3 is 5.32 Å². The van der Waals surface area contributed by atoms with Crippen molar-refractivity contribution in [2.24, 2.45) is 0 Å². The molecule has 1 atom stereocenters. The van der Waals surface area contributed by atoms with E-state index in [9.17, 15) is 8.78 Å². The predicted octanol–water partition coefficient (Wildman–Crippen LogP) is 4.62. The normalized spacial score (nSPS) is 12.6. The second kappa shape index (κ2) is 6.95. The topological polar surface area (TPSA) is 12.0 Å². The molecule has 1 aromatic heterocycles. The fourth-order valence-corrected chi connectivity index (χ4v) is 3.22. The number of benzene rings is 1. The lowest BCUT2D eigenvalue weighted by atomic mass is 10.0. The number of thiophene rings is 1. The van der Waals surface area contributed by atoms with Gasteiger partial charge in [0.25, 0.3) is 0 Å². The maximum absolute atomic E-state index is 13.3. The van der Waals surface area contributed by atoms with Gasteiger partial charge in [0.05, 0.1) is 0 Å². The highest BCUT2D eigenvalue weighted by atomic mass is 32.1. The zero-order valence-corrected chi connectivity index (χ0v) is 12.6. The predicted molar refractivity (Wildman–Crippen MR) is 80.2 cm³/mol. The zero-order valence-electron chi connectivity index (χ0n) is 11.7. The van der Waals surface area contributed by atoms with Crippen molar-refractivity contribution < 1.29 is 8.78 Å². The quantitative estimate of drug-likeness (QED) is 0.820. The van der Waals surface area contributed by atoms with E-state index >= 15 is 0 Å². The van der Waals surface area contributed by atoms with Gasteiger partial charge in [-0.1, -0.05) is 13.0 Å². The molecule has 0 bridgehead atoms. The highest BCUT2D eigenvalue weighted by molar-refractivity contribution is 7.10. The first kappa shape index (κ1) is 15.1. The van der Waals surface area contributed by atoms with Crippen LogP contribution in [0.1, 0.15) is 35.4 Å². The Hall–Kier alpha value is -1.26. The molecule has 0 radical (unpaired) electrons. The van der Waals surface area contributed by atoms with Crippen LogP contribution in [-0.4, -0.2) is 6.54 Å². The molecule has 108 valence electrons. The number of nitrogens with one attached hydrogen (secondary N) is 1. The van der Waals surface area contributed by atoms with Crippen LogP contribution in [0.25, 0.3) is 0 Å². The van der Waals surface area contributed by atoms with Gasteiger partial charge in [0.1, 0.15) is 0 Å². The van der Waals surface area contributed by atoms with E-state index in [1.807, 2.05) is 0 Å². The lowest BCUT2D eigenvalue weighted by Gasteiger charge is -2.18. The molecule has 0 amide bonds. The first-order chi connectivity index (χ1) is 9.61. The summed E-state index contributed by atoms with van der Waals surface area (Å²) in [4.78, 5) is 1.27. The number of halogens is 2. The van der Waals surface area contributed by atoms with Crippen LogP contribution in [0.15, 0.2) is 29.6 Å². The molecule has 1 N–H and O–H groups in total. The summed E-state index contributed by atoms with van der Waals surface area (Å²) in [6, 6.07) is 6.38. The Balaban J connectivity index is 2.19. The standard InChI is InChI=1S/C16H19F2NS/c1-3-7-19-15(16-11(2)6-8-20-16)10-12-4-5-13(17)14(18)9-12/h4-6,8-9,15,19H,3,7,10H2,1-2H3. The Labute approximate surface area is 122 Å². The third-order valence-corrected chi connectivity index (χ3v) is 4.42. The molecule has 1 aromatic carbocycles. The molecular formula is C16H19F2NS. The molecule has 2 rings (SSSR count). The summed E-state index contributed by atoms with van der Waals surface area (Å²) >= 11 is 1.70. The number of hydrogen-bond donors (Lipinski definition) is 1. The van der Waals surface area contributed by atoms with Crippen molar-refractivity contribution in [3.63, 3.8) is 0 Å². The molecule has 20 heavy (non-hydrogen) atoms. The highest BCUT2D eigenvalue weighted by Crippen LogP contribution is 2.27. The van der Waals surface area contributed by atoms with Crippen LogP contribution in [0.4, 0.5) is 8.78 Å². The molecular weight excluding hydrogens is 276 g/mol. The lowest BCUT2D eigenvalue weighted by molar-refractivity contribution is 0.501. The molecule has 4 heteroatoms. The molecule has 1 nitrogen and oxygen atoms in total. The number of aryl methyl sites for hydroxylation is 1. The van der Waals surface area contributed by atoms with E-state index < -0.39 is 11.6 Å². The Morgan fingerprint density at radius 1 is 1.20 bits per heavy atom. The van der Waals surface area contributed by atoms with Gasteiger partial charge >= 0.3 is 0 Å². The summed E-state index contributed by atoms with van der Waals surface area (Å²) in [6.45, 7) is 5.10. The first-order valence-corrected chi connectivity index (χ1v) is 7.71. The van der Waals surface area contributed by atoms with Crippen molar-refractivity contribution in [3.05, 3.63) is 57.3 Å². The van der Waals surface area contributed by atoms with Gasteiger partial charge in [0.2, 0.25) is 0 Å². The van der Waals surface area contributed by atoms with Gasteiger partial charge in [-0.05, 0) is 61.0 Å². The van der Waals surface area contributed by atoms with E-state index in [2.05, 4.69) is 30.6 Å². The summed E-state index contributed by atoms with van der Waals surface area (Å²) in [7, 11) is 0. The van der Waals surface area contributed by atoms with E-state index in [4.69, 9.17) is 0 Å². The summed E-state index contributed by atoms with van der Waals surface area (Å²) < 4.78 is 26.3. The fourth-order valence-electron chi connectivity index (χ4n) is 2.22. The minimum Gasteiger partial charge on any atom is -0.309 e. The van der Waals surface area contributed by atoms with Gasteiger partial charge in [-0.2, -0.15) is 0 Å². The summed E-state index contributed by atoms with van der Waals surface area (Å²) in [6.07, 6.45) is 1.71. The summed E-state index contributed by atoms with van der Waals surface area (Å²) in [5.41, 5.74) is 2.05. The minimum atomic E-state index is -0.792. The van der Waals surface area contributed by atoms with Crippen molar-refractivity contribution in [2.75, 3.05) is 6.54 Å². The van der Waals surface area contributed by atoms with Gasteiger partial charge in [-0.3, -0.25) is 0 Å². The SMILES string of the molecule is CCCNC(Cc1ccc(F)c(F)c1)c1sccc1C. The van der Waals surface area contributed by atoms with Crippen molar-refractivity contribution in [1.29, 1.82) is 0 Å². The van der Waals surface area contributed by atoms with Crippen molar-refractivity contribution in [3.8, 4) is 0 Å². The third-order valence-electron chi connectivity index (χ3n) is 3.28. The largest absolute Gasteiger partial charge is 0.309 e. The van der Waals surface area contributed by atoms with Crippen LogP contribution in [0.2, 0.25) is 0 Å². The average Bonchev–Trinajstić information content (AvgIpc) is 2.85. The van der Waals surface area contributed by atoms with E-state index in [1.54, 1.807) is 17.4 Å². The lowest BCUT2D eigenvalue weighted by Crippen LogP contribution is -2.24. The van der Waals surface area contributed by atoms with Crippen LogP contribution in [0.5, 0.6) is 0 Å². The second-order valence-corrected chi connectivity index (χ2v) is 5.87. The maximum Gasteiger partial charge on any atom is 0.159 e. The van der Waals surface area contributed by atoms with Crippen molar-refractivity contribution in [2.45, 2.75) is 32.7 Å². The Morgan fingerprint density at radius 3 is 2.60 bits per heavy atom. The van der Waals surface area contributed by atoms with E-state index in [0.717, 1.165) is 18.5 Å². The van der Waals surface area contributed by atoms with Gasteiger partial charge in [0, 0.05) is 10.9 Å². The number of hydrogen-bond acceptors (Lipinski definition) is 2. The molecule has 0 saturated carbocycles. The zero-order chi connectivity index (χ0) is 14.5. The summed E-state index contributed by atoms with van der Waals surface area (Å²) in [5.74, 6) is -1.57. The third kappa shape index (κ3) is 3.64. The first-order valence-electron chi connectivity index (χ1n) is 6.83. The van der Waals surface area contributed by atoms with Crippen LogP contribution in [0, 0.1) is 18.6 Å². The van der Waals surface area contributed by atoms with Crippen molar-refractivity contribution >= 4 is 11.3 Å². The fraction of sp³-hybridized carbons (Fsp3) is 0.375. The maximum atomic E-state index is 13.3. The van der Waals surface area contributed by atoms with Crippen LogP contribution in [-0.2, 0) is 6.42 Å². The Kier molecular flexibility index (Phi) is 5.26. The smallest absolute Gasteiger partial charge is 0.159 e.